The van der Waals surface area contributed by atoms with Crippen LogP contribution >= 0.6 is 11.6 Å². The second kappa shape index (κ2) is 11.1. The first-order valence-corrected chi connectivity index (χ1v) is 13.1. The van der Waals surface area contributed by atoms with E-state index in [0.717, 1.165) is 0 Å². The molecule has 1 N–H and O–H groups in total. The minimum absolute atomic E-state index is 0.134. The molecule has 0 saturated carbocycles. The zero-order valence-electron chi connectivity index (χ0n) is 22.7. The van der Waals surface area contributed by atoms with Gasteiger partial charge in [0.2, 0.25) is 0 Å². The fraction of sp³-hybridized carbons (Fsp3) is 0.200. The van der Waals surface area contributed by atoms with Crippen LogP contribution in [-0.2, 0) is 12.5 Å². The summed E-state index contributed by atoms with van der Waals surface area (Å²) < 4.78 is 42.4. The standard InChI is InChI=1S/C30H24ClF2N5O4/c1-17-16-37-27(24(15-35-37)36-28(39)18-4-11-25(41-2)19(12-18)14-34)29(40)38(17)22-8-5-20(6-9-22)30(32,33)21-7-10-23(31)26(13-21)42-3/h4-13,15,17H,16H2,1-3H3,(H,36,39)/t17-/m0/s1. The summed E-state index contributed by atoms with van der Waals surface area (Å²) in [5, 5.41) is 16.5. The average Bonchev–Trinajstić information content (AvgIpc) is 3.39. The van der Waals surface area contributed by atoms with Crippen molar-refractivity contribution in [1.29, 1.82) is 5.26 Å². The number of nitrogens with zero attached hydrogens (tertiary/aromatic N) is 4. The minimum atomic E-state index is -3.35. The van der Waals surface area contributed by atoms with Crippen molar-refractivity contribution < 1.29 is 27.8 Å². The topological polar surface area (TPSA) is 109 Å². The van der Waals surface area contributed by atoms with E-state index in [-0.39, 0.29) is 50.4 Å². The molecular weight excluding hydrogens is 568 g/mol. The molecule has 0 fully saturated rings. The molecule has 1 aliphatic rings. The van der Waals surface area contributed by atoms with Gasteiger partial charge >= 0.3 is 0 Å². The molecule has 0 spiro atoms. The third kappa shape index (κ3) is 5.01. The Morgan fingerprint density at radius 2 is 1.76 bits per heavy atom. The Morgan fingerprint density at radius 3 is 2.43 bits per heavy atom. The van der Waals surface area contributed by atoms with Crippen LogP contribution in [0.2, 0.25) is 5.02 Å². The zero-order chi connectivity index (χ0) is 30.2. The highest BCUT2D eigenvalue weighted by atomic mass is 35.5. The highest BCUT2D eigenvalue weighted by Crippen LogP contribution is 2.40. The molecule has 0 bridgehead atoms. The molecule has 1 atom stereocenters. The Morgan fingerprint density at radius 1 is 1.07 bits per heavy atom. The van der Waals surface area contributed by atoms with E-state index in [4.69, 9.17) is 21.1 Å². The molecule has 42 heavy (non-hydrogen) atoms. The van der Waals surface area contributed by atoms with E-state index in [1.165, 1.54) is 90.7 Å². The number of hydrogen-bond donors (Lipinski definition) is 1. The van der Waals surface area contributed by atoms with Crippen molar-refractivity contribution in [3.63, 3.8) is 0 Å². The molecule has 2 heterocycles. The predicted octanol–water partition coefficient (Wildman–Crippen LogP) is 5.87. The lowest BCUT2D eigenvalue weighted by Gasteiger charge is -2.34. The Balaban J connectivity index is 1.40. The molecule has 1 aromatic heterocycles. The van der Waals surface area contributed by atoms with E-state index in [9.17, 15) is 14.9 Å². The van der Waals surface area contributed by atoms with Crippen LogP contribution in [0.3, 0.4) is 0 Å². The molecule has 214 valence electrons. The summed E-state index contributed by atoms with van der Waals surface area (Å²) in [5.41, 5.74) is 0.524. The largest absolute Gasteiger partial charge is 0.495 e. The number of nitrogens with one attached hydrogen (secondary N) is 1. The van der Waals surface area contributed by atoms with E-state index in [2.05, 4.69) is 10.4 Å². The Hall–Kier alpha value is -4.95. The number of methoxy groups -OCH3 is 2. The van der Waals surface area contributed by atoms with Crippen LogP contribution in [0.1, 0.15) is 44.5 Å². The second-order valence-corrected chi connectivity index (χ2v) is 9.97. The first-order valence-electron chi connectivity index (χ1n) is 12.7. The van der Waals surface area contributed by atoms with Crippen LogP contribution in [0.15, 0.2) is 66.9 Å². The number of ether oxygens (including phenoxy) is 2. The molecule has 2 amide bonds. The summed E-state index contributed by atoms with van der Waals surface area (Å²) in [6.07, 6.45) is 1.38. The number of anilines is 2. The number of aromatic nitrogens is 2. The summed E-state index contributed by atoms with van der Waals surface area (Å²) in [7, 11) is 2.77. The number of amides is 2. The summed E-state index contributed by atoms with van der Waals surface area (Å²) in [6, 6.07) is 15.2. The number of hydrogen-bond acceptors (Lipinski definition) is 6. The Bertz CT molecular complexity index is 1730. The third-order valence-electron chi connectivity index (χ3n) is 6.99. The number of carbonyl (C=O) groups is 2. The number of nitriles is 1. The molecular formula is C30H24ClF2N5O4. The highest BCUT2D eigenvalue weighted by molar-refractivity contribution is 6.32. The van der Waals surface area contributed by atoms with Crippen molar-refractivity contribution in [3.05, 3.63) is 99.8 Å². The fourth-order valence-electron chi connectivity index (χ4n) is 4.84. The van der Waals surface area contributed by atoms with Crippen molar-refractivity contribution in [1.82, 2.24) is 9.78 Å². The summed E-state index contributed by atoms with van der Waals surface area (Å²) in [4.78, 5) is 28.2. The number of halogens is 3. The fourth-order valence-corrected chi connectivity index (χ4v) is 5.04. The number of alkyl halides is 2. The maximum absolute atomic E-state index is 15.4. The van der Waals surface area contributed by atoms with Crippen molar-refractivity contribution in [2.45, 2.75) is 25.4 Å². The van der Waals surface area contributed by atoms with Crippen LogP contribution in [-0.4, -0.2) is 41.9 Å². The van der Waals surface area contributed by atoms with Gasteiger partial charge in [0, 0.05) is 22.4 Å². The lowest BCUT2D eigenvalue weighted by molar-refractivity contribution is 0.0426. The Kier molecular flexibility index (Phi) is 7.58. The monoisotopic (exact) mass is 591 g/mol. The molecule has 0 radical (unpaired) electrons. The summed E-state index contributed by atoms with van der Waals surface area (Å²) in [6.45, 7) is 2.12. The van der Waals surface area contributed by atoms with Crippen LogP contribution in [0.5, 0.6) is 11.5 Å². The van der Waals surface area contributed by atoms with Gasteiger partial charge in [-0.25, -0.2) is 0 Å². The van der Waals surface area contributed by atoms with Gasteiger partial charge in [-0.3, -0.25) is 14.3 Å². The zero-order valence-corrected chi connectivity index (χ0v) is 23.4. The molecule has 9 nitrogen and oxygen atoms in total. The predicted molar refractivity (Wildman–Crippen MR) is 152 cm³/mol. The van der Waals surface area contributed by atoms with Gasteiger partial charge in [-0.15, -0.1) is 0 Å². The number of fused-ring (bicyclic) bond motifs is 1. The summed E-state index contributed by atoms with van der Waals surface area (Å²) in [5.74, 6) is -3.90. The van der Waals surface area contributed by atoms with Gasteiger partial charge in [-0.05, 0) is 49.4 Å². The van der Waals surface area contributed by atoms with Crippen LogP contribution in [0, 0.1) is 11.3 Å². The molecule has 5 rings (SSSR count). The molecule has 0 aliphatic carbocycles. The van der Waals surface area contributed by atoms with Crippen LogP contribution in [0.4, 0.5) is 20.2 Å². The maximum Gasteiger partial charge on any atom is 0.298 e. The normalized spacial score (nSPS) is 14.6. The smallest absolute Gasteiger partial charge is 0.298 e. The first kappa shape index (κ1) is 28.6. The SMILES string of the molecule is COc1cc(C(F)(F)c2ccc(N3C(=O)c4c(NC(=O)c5ccc(OC)c(C#N)c5)cnn4C[C@@H]3C)cc2)ccc1Cl. The number of rotatable bonds is 7. The number of carbonyl (C=O) groups excluding carboxylic acids is 2. The quantitative estimate of drug-likeness (QED) is 0.288. The van der Waals surface area contributed by atoms with Gasteiger partial charge in [0.1, 0.15) is 23.3 Å². The lowest BCUT2D eigenvalue weighted by Crippen LogP contribution is -2.47. The minimum Gasteiger partial charge on any atom is -0.495 e. The maximum atomic E-state index is 15.4. The van der Waals surface area contributed by atoms with Gasteiger partial charge in [-0.2, -0.15) is 19.1 Å². The van der Waals surface area contributed by atoms with Crippen molar-refractivity contribution in [3.8, 4) is 17.6 Å². The third-order valence-corrected chi connectivity index (χ3v) is 7.30. The summed E-state index contributed by atoms with van der Waals surface area (Å²) >= 11 is 5.99. The van der Waals surface area contributed by atoms with Gasteiger partial charge in [-0.1, -0.05) is 29.8 Å². The van der Waals surface area contributed by atoms with E-state index >= 15 is 8.78 Å². The van der Waals surface area contributed by atoms with E-state index in [1.54, 1.807) is 0 Å². The van der Waals surface area contributed by atoms with Gasteiger partial charge in [0.25, 0.3) is 17.7 Å². The van der Waals surface area contributed by atoms with E-state index in [0.29, 0.717) is 18.0 Å². The number of benzene rings is 3. The van der Waals surface area contributed by atoms with E-state index in [1.807, 2.05) is 13.0 Å². The molecule has 0 unspecified atom stereocenters. The molecule has 3 aromatic carbocycles. The van der Waals surface area contributed by atoms with Gasteiger partial charge in [0.05, 0.1) is 49.3 Å². The molecule has 4 aromatic rings. The lowest BCUT2D eigenvalue weighted by atomic mass is 9.99. The van der Waals surface area contributed by atoms with Crippen LogP contribution in [0.25, 0.3) is 0 Å². The first-order chi connectivity index (χ1) is 20.1. The van der Waals surface area contributed by atoms with Crippen molar-refractivity contribution >= 4 is 34.8 Å². The molecule has 1 aliphatic heterocycles. The van der Waals surface area contributed by atoms with Gasteiger partial charge < -0.3 is 19.7 Å². The highest BCUT2D eigenvalue weighted by Gasteiger charge is 2.37. The second-order valence-electron chi connectivity index (χ2n) is 9.56. The molecule has 12 heteroatoms. The van der Waals surface area contributed by atoms with Crippen molar-refractivity contribution in [2.75, 3.05) is 24.4 Å². The van der Waals surface area contributed by atoms with Crippen LogP contribution < -0.4 is 19.7 Å². The van der Waals surface area contributed by atoms with E-state index < -0.39 is 17.7 Å². The van der Waals surface area contributed by atoms with Crippen molar-refractivity contribution in [2.24, 2.45) is 0 Å². The van der Waals surface area contributed by atoms with Gasteiger partial charge in [0.15, 0.2) is 0 Å². The molecule has 0 saturated heterocycles. The average molecular weight is 592 g/mol. The Labute approximate surface area is 244 Å².